The van der Waals surface area contributed by atoms with Gasteiger partial charge in [0.2, 0.25) is 0 Å². The molecule has 4 heteroatoms. The average molecular weight is 185 g/mol. The minimum atomic E-state index is 0.561. The summed E-state index contributed by atoms with van der Waals surface area (Å²) < 4.78 is 0. The maximum absolute atomic E-state index is 5.54. The second-order valence-electron chi connectivity index (χ2n) is 3.59. The molecule has 0 unspecified atom stereocenters. The first-order chi connectivity index (χ1) is 5.77. The Balaban J connectivity index is 1.80. The van der Waals surface area contributed by atoms with Crippen LogP contribution in [-0.4, -0.2) is 47.1 Å². The molecule has 1 saturated carbocycles. The van der Waals surface area contributed by atoms with Crippen LogP contribution in [0.1, 0.15) is 12.8 Å². The quantitative estimate of drug-likeness (QED) is 0.583. The fourth-order valence-corrected chi connectivity index (χ4v) is 1.93. The van der Waals surface area contributed by atoms with Crippen LogP contribution in [0, 0.1) is 0 Å². The minimum absolute atomic E-state index is 0.561. The highest BCUT2D eigenvalue weighted by Crippen LogP contribution is 2.27. The maximum atomic E-state index is 5.54. The number of nitrogens with two attached hydrogens (primary N) is 1. The molecule has 2 aliphatic rings. The molecule has 0 spiro atoms. The van der Waals surface area contributed by atoms with Gasteiger partial charge in [-0.05, 0) is 25.1 Å². The zero-order valence-electron chi connectivity index (χ0n) is 7.20. The van der Waals surface area contributed by atoms with Gasteiger partial charge in [0.05, 0.1) is 0 Å². The highest BCUT2D eigenvalue weighted by Gasteiger charge is 2.31. The number of piperazine rings is 1. The summed E-state index contributed by atoms with van der Waals surface area (Å²) in [5.74, 6) is 0. The zero-order chi connectivity index (χ0) is 8.55. The van der Waals surface area contributed by atoms with E-state index in [9.17, 15) is 0 Å². The summed E-state index contributed by atoms with van der Waals surface area (Å²) in [7, 11) is 0. The van der Waals surface area contributed by atoms with Crippen molar-refractivity contribution in [3.8, 4) is 0 Å². The predicted octanol–water partition coefficient (Wildman–Crippen LogP) is 0.0100. The monoisotopic (exact) mass is 185 g/mol. The summed E-state index contributed by atoms with van der Waals surface area (Å²) in [5.41, 5.74) is 5.54. The SMILES string of the molecule is NC(=S)N1CCN(C2CC2)CC1. The average Bonchev–Trinajstić information content (AvgIpc) is 2.87. The largest absolute Gasteiger partial charge is 0.376 e. The number of hydrogen-bond donors (Lipinski definition) is 1. The standard InChI is InChI=1S/C8H15N3S/c9-8(12)11-5-3-10(4-6-11)7-1-2-7/h7H,1-6H2,(H2,9,12). The normalized spacial score (nSPS) is 25.8. The Morgan fingerprint density at radius 1 is 1.17 bits per heavy atom. The lowest BCUT2D eigenvalue weighted by Crippen LogP contribution is -2.50. The van der Waals surface area contributed by atoms with Crippen LogP contribution in [0.15, 0.2) is 0 Å². The van der Waals surface area contributed by atoms with Crippen LogP contribution in [0.4, 0.5) is 0 Å². The highest BCUT2D eigenvalue weighted by molar-refractivity contribution is 7.80. The Labute approximate surface area is 78.5 Å². The molecule has 1 heterocycles. The van der Waals surface area contributed by atoms with Crippen LogP contribution in [0.25, 0.3) is 0 Å². The molecule has 0 bridgehead atoms. The van der Waals surface area contributed by atoms with Gasteiger partial charge in [-0.15, -0.1) is 0 Å². The molecule has 0 atom stereocenters. The van der Waals surface area contributed by atoms with Gasteiger partial charge in [0.25, 0.3) is 0 Å². The summed E-state index contributed by atoms with van der Waals surface area (Å²) in [6, 6.07) is 0.887. The van der Waals surface area contributed by atoms with E-state index in [0.717, 1.165) is 32.2 Å². The number of nitrogens with zero attached hydrogens (tertiary/aromatic N) is 2. The molecule has 0 aromatic carbocycles. The van der Waals surface area contributed by atoms with Gasteiger partial charge in [-0.1, -0.05) is 0 Å². The third-order valence-corrected chi connectivity index (χ3v) is 2.95. The molecule has 12 heavy (non-hydrogen) atoms. The van der Waals surface area contributed by atoms with Gasteiger partial charge >= 0.3 is 0 Å². The molecule has 2 N–H and O–H groups in total. The van der Waals surface area contributed by atoms with Gasteiger partial charge in [0, 0.05) is 32.2 Å². The van der Waals surface area contributed by atoms with E-state index in [2.05, 4.69) is 9.80 Å². The van der Waals surface area contributed by atoms with E-state index in [0.29, 0.717) is 5.11 Å². The van der Waals surface area contributed by atoms with Gasteiger partial charge < -0.3 is 10.6 Å². The molecule has 68 valence electrons. The maximum Gasteiger partial charge on any atom is 0.166 e. The third-order valence-electron chi connectivity index (χ3n) is 2.69. The molecule has 2 fully saturated rings. The summed E-state index contributed by atoms with van der Waals surface area (Å²) in [6.45, 7) is 4.32. The van der Waals surface area contributed by atoms with Crippen molar-refractivity contribution in [3.05, 3.63) is 0 Å². The van der Waals surface area contributed by atoms with E-state index in [4.69, 9.17) is 18.0 Å². The lowest BCUT2D eigenvalue weighted by Gasteiger charge is -2.35. The number of hydrogen-bond acceptors (Lipinski definition) is 2. The van der Waals surface area contributed by atoms with Crippen molar-refractivity contribution in [3.63, 3.8) is 0 Å². The Morgan fingerprint density at radius 3 is 2.17 bits per heavy atom. The molecule has 0 aromatic heterocycles. The van der Waals surface area contributed by atoms with Crippen LogP contribution >= 0.6 is 12.2 Å². The fourth-order valence-electron chi connectivity index (χ4n) is 1.75. The van der Waals surface area contributed by atoms with Gasteiger partial charge in [-0.3, -0.25) is 4.90 Å². The van der Waals surface area contributed by atoms with Crippen molar-refractivity contribution >= 4 is 17.3 Å². The van der Waals surface area contributed by atoms with Gasteiger partial charge in [-0.25, -0.2) is 0 Å². The lowest BCUT2D eigenvalue weighted by atomic mass is 10.3. The molecule has 0 amide bonds. The lowest BCUT2D eigenvalue weighted by molar-refractivity contribution is 0.175. The molecule has 3 nitrogen and oxygen atoms in total. The van der Waals surface area contributed by atoms with Crippen molar-refractivity contribution in [2.24, 2.45) is 5.73 Å². The number of rotatable bonds is 1. The molecule has 2 rings (SSSR count). The van der Waals surface area contributed by atoms with E-state index >= 15 is 0 Å². The summed E-state index contributed by atoms with van der Waals surface area (Å²) >= 11 is 4.92. The van der Waals surface area contributed by atoms with Crippen LogP contribution in [-0.2, 0) is 0 Å². The van der Waals surface area contributed by atoms with Crippen molar-refractivity contribution < 1.29 is 0 Å². The van der Waals surface area contributed by atoms with Gasteiger partial charge in [-0.2, -0.15) is 0 Å². The van der Waals surface area contributed by atoms with E-state index in [1.54, 1.807) is 0 Å². The Hall–Kier alpha value is -0.350. The number of thiocarbonyl (C=S) groups is 1. The molecule has 0 aromatic rings. The second kappa shape index (κ2) is 3.18. The van der Waals surface area contributed by atoms with E-state index in [1.165, 1.54) is 12.8 Å². The second-order valence-corrected chi connectivity index (χ2v) is 4.01. The molecule has 1 aliphatic carbocycles. The van der Waals surface area contributed by atoms with Crippen LogP contribution < -0.4 is 5.73 Å². The minimum Gasteiger partial charge on any atom is -0.376 e. The molecule has 1 saturated heterocycles. The topological polar surface area (TPSA) is 32.5 Å². The first kappa shape index (κ1) is 8.26. The smallest absolute Gasteiger partial charge is 0.166 e. The Kier molecular flexibility index (Phi) is 2.19. The Bertz CT molecular complexity index is 183. The molecule has 0 radical (unpaired) electrons. The third kappa shape index (κ3) is 1.69. The highest BCUT2D eigenvalue weighted by atomic mass is 32.1. The van der Waals surface area contributed by atoms with E-state index in [1.807, 2.05) is 0 Å². The summed E-state index contributed by atoms with van der Waals surface area (Å²) in [6.07, 6.45) is 2.79. The van der Waals surface area contributed by atoms with Crippen molar-refractivity contribution in [1.82, 2.24) is 9.80 Å². The van der Waals surface area contributed by atoms with E-state index < -0.39 is 0 Å². The first-order valence-corrected chi connectivity index (χ1v) is 4.96. The van der Waals surface area contributed by atoms with Crippen LogP contribution in [0.2, 0.25) is 0 Å². The van der Waals surface area contributed by atoms with Crippen molar-refractivity contribution in [2.45, 2.75) is 18.9 Å². The van der Waals surface area contributed by atoms with Gasteiger partial charge in [0.1, 0.15) is 0 Å². The molecular weight excluding hydrogens is 170 g/mol. The fraction of sp³-hybridized carbons (Fsp3) is 0.875. The van der Waals surface area contributed by atoms with Gasteiger partial charge in [0.15, 0.2) is 5.11 Å². The van der Waals surface area contributed by atoms with Crippen LogP contribution in [0.5, 0.6) is 0 Å². The first-order valence-electron chi connectivity index (χ1n) is 4.56. The summed E-state index contributed by atoms with van der Waals surface area (Å²) in [5, 5.41) is 0.561. The molecular formula is C8H15N3S. The van der Waals surface area contributed by atoms with Crippen LogP contribution in [0.3, 0.4) is 0 Å². The zero-order valence-corrected chi connectivity index (χ0v) is 8.02. The Morgan fingerprint density at radius 2 is 1.75 bits per heavy atom. The summed E-state index contributed by atoms with van der Waals surface area (Å²) in [4.78, 5) is 4.64. The van der Waals surface area contributed by atoms with Crippen molar-refractivity contribution in [1.29, 1.82) is 0 Å². The predicted molar refractivity (Wildman–Crippen MR) is 53.0 cm³/mol. The van der Waals surface area contributed by atoms with Crippen molar-refractivity contribution in [2.75, 3.05) is 26.2 Å². The van der Waals surface area contributed by atoms with E-state index in [-0.39, 0.29) is 0 Å². The molecule has 1 aliphatic heterocycles.